The van der Waals surface area contributed by atoms with Crippen LogP contribution in [0.2, 0.25) is 5.02 Å². The molecule has 1 fully saturated rings. The first kappa shape index (κ1) is 20.6. The van der Waals surface area contributed by atoms with Gasteiger partial charge in [0.1, 0.15) is 0 Å². The number of esters is 1. The first-order chi connectivity index (χ1) is 12.9. The highest BCUT2D eigenvalue weighted by molar-refractivity contribution is 6.32. The number of urea groups is 1. The molecule has 1 aromatic carbocycles. The van der Waals surface area contributed by atoms with E-state index in [0.29, 0.717) is 35.2 Å². The molecule has 0 bridgehead atoms. The maximum atomic E-state index is 12.1. The van der Waals surface area contributed by atoms with Crippen molar-refractivity contribution in [1.29, 1.82) is 0 Å². The van der Waals surface area contributed by atoms with E-state index in [-0.39, 0.29) is 6.54 Å². The predicted molar refractivity (Wildman–Crippen MR) is 98.9 cm³/mol. The van der Waals surface area contributed by atoms with Crippen LogP contribution in [0.4, 0.5) is 4.79 Å². The van der Waals surface area contributed by atoms with E-state index < -0.39 is 24.0 Å². The molecule has 1 heterocycles. The SMILES string of the molecule is CCOc1cc(/C=C/C(=O)OC(C)C(=O)N2CCNC2=O)cc(Cl)c1OC. The lowest BCUT2D eigenvalue weighted by atomic mass is 10.2. The molecule has 1 saturated heterocycles. The summed E-state index contributed by atoms with van der Waals surface area (Å²) in [6.45, 7) is 4.29. The van der Waals surface area contributed by atoms with Gasteiger partial charge >= 0.3 is 12.0 Å². The van der Waals surface area contributed by atoms with Crippen LogP contribution in [0.5, 0.6) is 11.5 Å². The topological polar surface area (TPSA) is 94.2 Å². The second-order valence-corrected chi connectivity index (χ2v) is 6.01. The van der Waals surface area contributed by atoms with Gasteiger partial charge in [0.15, 0.2) is 17.6 Å². The molecule has 1 atom stereocenters. The van der Waals surface area contributed by atoms with E-state index in [4.69, 9.17) is 25.8 Å². The first-order valence-corrected chi connectivity index (χ1v) is 8.73. The van der Waals surface area contributed by atoms with Crippen molar-refractivity contribution in [2.24, 2.45) is 0 Å². The number of amides is 3. The van der Waals surface area contributed by atoms with Gasteiger partial charge in [-0.05, 0) is 37.6 Å². The molecule has 27 heavy (non-hydrogen) atoms. The summed E-state index contributed by atoms with van der Waals surface area (Å²) in [5.74, 6) is -0.441. The zero-order chi connectivity index (χ0) is 20.0. The summed E-state index contributed by atoms with van der Waals surface area (Å²) < 4.78 is 15.7. The van der Waals surface area contributed by atoms with E-state index >= 15 is 0 Å². The van der Waals surface area contributed by atoms with Crippen molar-refractivity contribution >= 4 is 35.6 Å². The van der Waals surface area contributed by atoms with Crippen LogP contribution in [0, 0.1) is 0 Å². The van der Waals surface area contributed by atoms with E-state index in [1.54, 1.807) is 12.1 Å². The van der Waals surface area contributed by atoms with Gasteiger partial charge in [-0.25, -0.2) is 9.59 Å². The van der Waals surface area contributed by atoms with Crippen LogP contribution in [0.1, 0.15) is 19.4 Å². The molecule has 2 rings (SSSR count). The maximum Gasteiger partial charge on any atom is 0.331 e. The lowest BCUT2D eigenvalue weighted by Crippen LogP contribution is -2.41. The first-order valence-electron chi connectivity index (χ1n) is 8.35. The number of nitrogens with zero attached hydrogens (tertiary/aromatic N) is 1. The second kappa shape index (κ2) is 9.27. The smallest absolute Gasteiger partial charge is 0.331 e. The van der Waals surface area contributed by atoms with Gasteiger partial charge in [0.2, 0.25) is 0 Å². The molecular weight excluding hydrogens is 376 g/mol. The number of hydrogen-bond donors (Lipinski definition) is 1. The Morgan fingerprint density at radius 3 is 2.74 bits per heavy atom. The zero-order valence-corrected chi connectivity index (χ0v) is 16.0. The summed E-state index contributed by atoms with van der Waals surface area (Å²) in [5.41, 5.74) is 0.596. The normalized spacial score (nSPS) is 14.8. The molecule has 8 nitrogen and oxygen atoms in total. The molecule has 1 aromatic rings. The third kappa shape index (κ3) is 5.13. The fourth-order valence-electron chi connectivity index (χ4n) is 2.47. The van der Waals surface area contributed by atoms with Gasteiger partial charge in [-0.3, -0.25) is 9.69 Å². The van der Waals surface area contributed by atoms with Crippen LogP contribution < -0.4 is 14.8 Å². The van der Waals surface area contributed by atoms with Crippen molar-refractivity contribution in [3.63, 3.8) is 0 Å². The number of rotatable bonds is 7. The standard InChI is InChI=1S/C18H21ClN2O6/c1-4-26-14-10-12(9-13(19)16(14)25-3)5-6-15(22)27-11(2)17(23)21-8-7-20-18(21)24/h5-6,9-11H,4,7-8H2,1-3H3,(H,20,24)/b6-5+. The minimum absolute atomic E-state index is 0.250. The Hall–Kier alpha value is -2.74. The minimum atomic E-state index is -1.08. The summed E-state index contributed by atoms with van der Waals surface area (Å²) in [6.07, 6.45) is 1.57. The molecule has 1 aliphatic rings. The van der Waals surface area contributed by atoms with Gasteiger partial charge in [0.25, 0.3) is 5.91 Å². The molecular formula is C18H21ClN2O6. The fraction of sp³-hybridized carbons (Fsp3) is 0.389. The molecule has 0 aromatic heterocycles. The average Bonchev–Trinajstić information content (AvgIpc) is 3.05. The van der Waals surface area contributed by atoms with Gasteiger partial charge in [-0.2, -0.15) is 0 Å². The van der Waals surface area contributed by atoms with Crippen LogP contribution in [0.3, 0.4) is 0 Å². The lowest BCUT2D eigenvalue weighted by Gasteiger charge is -2.17. The Morgan fingerprint density at radius 2 is 2.15 bits per heavy atom. The molecule has 0 spiro atoms. The van der Waals surface area contributed by atoms with Crippen molar-refractivity contribution in [3.8, 4) is 11.5 Å². The van der Waals surface area contributed by atoms with Crippen molar-refractivity contribution in [3.05, 3.63) is 28.8 Å². The average molecular weight is 397 g/mol. The van der Waals surface area contributed by atoms with Crippen LogP contribution in [0.25, 0.3) is 6.08 Å². The largest absolute Gasteiger partial charge is 0.491 e. The van der Waals surface area contributed by atoms with Gasteiger partial charge in [-0.1, -0.05) is 11.6 Å². The van der Waals surface area contributed by atoms with Gasteiger partial charge in [0, 0.05) is 19.2 Å². The molecule has 3 amide bonds. The van der Waals surface area contributed by atoms with Crippen LogP contribution in [-0.2, 0) is 14.3 Å². The molecule has 9 heteroatoms. The third-order valence-electron chi connectivity index (χ3n) is 3.71. The van der Waals surface area contributed by atoms with Crippen LogP contribution in [-0.4, -0.2) is 55.7 Å². The highest BCUT2D eigenvalue weighted by Crippen LogP contribution is 2.36. The number of carbonyl (C=O) groups excluding carboxylic acids is 3. The number of hydrogen-bond acceptors (Lipinski definition) is 6. The Bertz CT molecular complexity index is 764. The van der Waals surface area contributed by atoms with Crippen molar-refractivity contribution in [2.45, 2.75) is 20.0 Å². The van der Waals surface area contributed by atoms with Gasteiger partial charge in [0.05, 0.1) is 18.7 Å². The number of nitrogens with one attached hydrogen (secondary N) is 1. The Kier molecular flexibility index (Phi) is 7.06. The summed E-state index contributed by atoms with van der Waals surface area (Å²) in [6, 6.07) is 2.78. The number of methoxy groups -OCH3 is 1. The Balaban J connectivity index is 2.03. The second-order valence-electron chi connectivity index (χ2n) is 5.60. The summed E-state index contributed by atoms with van der Waals surface area (Å²) >= 11 is 6.15. The summed E-state index contributed by atoms with van der Waals surface area (Å²) in [4.78, 5) is 36.6. The molecule has 1 N–H and O–H groups in total. The molecule has 1 unspecified atom stereocenters. The van der Waals surface area contributed by atoms with E-state index in [0.717, 1.165) is 4.90 Å². The highest BCUT2D eigenvalue weighted by Gasteiger charge is 2.31. The fourth-order valence-corrected chi connectivity index (χ4v) is 2.77. The monoisotopic (exact) mass is 396 g/mol. The summed E-state index contributed by atoms with van der Waals surface area (Å²) in [5, 5.41) is 2.85. The van der Waals surface area contributed by atoms with Crippen LogP contribution in [0.15, 0.2) is 18.2 Å². The lowest BCUT2D eigenvalue weighted by molar-refractivity contribution is -0.153. The quantitative estimate of drug-likeness (QED) is 0.561. The van der Waals surface area contributed by atoms with Crippen molar-refractivity contribution < 1.29 is 28.6 Å². The van der Waals surface area contributed by atoms with E-state index in [1.165, 1.54) is 26.2 Å². The predicted octanol–water partition coefficient (Wildman–Crippen LogP) is 2.24. The van der Waals surface area contributed by atoms with E-state index in [9.17, 15) is 14.4 Å². The number of imide groups is 1. The van der Waals surface area contributed by atoms with Crippen molar-refractivity contribution in [1.82, 2.24) is 10.2 Å². The molecule has 146 valence electrons. The minimum Gasteiger partial charge on any atom is -0.491 e. The van der Waals surface area contributed by atoms with Crippen LogP contribution >= 0.6 is 11.6 Å². The molecule has 0 radical (unpaired) electrons. The molecule has 0 aliphatic carbocycles. The molecule has 1 aliphatic heterocycles. The van der Waals surface area contributed by atoms with Crippen molar-refractivity contribution in [2.75, 3.05) is 26.8 Å². The highest BCUT2D eigenvalue weighted by atomic mass is 35.5. The number of ether oxygens (including phenoxy) is 3. The van der Waals surface area contributed by atoms with E-state index in [2.05, 4.69) is 5.32 Å². The Labute approximate surface area is 162 Å². The van der Waals surface area contributed by atoms with Gasteiger partial charge < -0.3 is 19.5 Å². The van der Waals surface area contributed by atoms with E-state index in [1.807, 2.05) is 6.92 Å². The number of carbonyl (C=O) groups is 3. The Morgan fingerprint density at radius 1 is 1.41 bits per heavy atom. The maximum absolute atomic E-state index is 12.1. The zero-order valence-electron chi connectivity index (χ0n) is 15.3. The summed E-state index contributed by atoms with van der Waals surface area (Å²) in [7, 11) is 1.48. The molecule has 0 saturated carbocycles. The number of benzene rings is 1. The van der Waals surface area contributed by atoms with Gasteiger partial charge in [-0.15, -0.1) is 0 Å². The third-order valence-corrected chi connectivity index (χ3v) is 3.99. The number of halogens is 1.